The lowest BCUT2D eigenvalue weighted by atomic mass is 9.83. The molecule has 3 aliphatic rings. The van der Waals surface area contributed by atoms with Gasteiger partial charge < -0.3 is 9.64 Å². The molecule has 2 atom stereocenters. The van der Waals surface area contributed by atoms with Gasteiger partial charge in [-0.05, 0) is 76.5 Å². The zero-order chi connectivity index (χ0) is 22.2. The first-order valence-electron chi connectivity index (χ1n) is 11.8. The van der Waals surface area contributed by atoms with Crippen LogP contribution in [0, 0.1) is 11.8 Å². The van der Waals surface area contributed by atoms with Crippen molar-refractivity contribution >= 4 is 23.4 Å². The normalized spacial score (nSPS) is 29.3. The number of hydrogen-bond acceptors (Lipinski definition) is 4. The molecule has 170 valence electrons. The molecule has 6 heteroatoms. The molecule has 4 rings (SSSR count). The Balaban J connectivity index is 1.56. The van der Waals surface area contributed by atoms with Crippen molar-refractivity contribution in [2.24, 2.45) is 16.9 Å². The lowest BCUT2D eigenvalue weighted by Gasteiger charge is -2.38. The molecule has 1 aromatic rings. The largest absolute Gasteiger partial charge is 0.444 e. The van der Waals surface area contributed by atoms with Gasteiger partial charge in [0.05, 0.1) is 6.04 Å². The minimum absolute atomic E-state index is 0.214. The van der Waals surface area contributed by atoms with Crippen LogP contribution in [-0.2, 0) is 4.74 Å². The van der Waals surface area contributed by atoms with E-state index in [2.05, 4.69) is 24.1 Å². The molecule has 2 aliphatic heterocycles. The minimum Gasteiger partial charge on any atom is -0.444 e. The molecule has 5 nitrogen and oxygen atoms in total. The molecule has 1 aliphatic carbocycles. The number of hydrogen-bond donors (Lipinski definition) is 0. The average molecular weight is 446 g/mol. The van der Waals surface area contributed by atoms with Crippen molar-refractivity contribution in [3.63, 3.8) is 0 Å². The third-order valence-corrected chi connectivity index (χ3v) is 7.16. The molecule has 1 saturated heterocycles. The Morgan fingerprint density at radius 3 is 2.39 bits per heavy atom. The predicted molar refractivity (Wildman–Crippen MR) is 125 cm³/mol. The van der Waals surface area contributed by atoms with Gasteiger partial charge in [-0.1, -0.05) is 30.7 Å². The molecule has 2 unspecified atom stereocenters. The molecule has 1 saturated carbocycles. The first-order chi connectivity index (χ1) is 14.7. The van der Waals surface area contributed by atoms with Crippen LogP contribution in [0.2, 0.25) is 5.02 Å². The van der Waals surface area contributed by atoms with Gasteiger partial charge in [-0.3, -0.25) is 5.01 Å². The lowest BCUT2D eigenvalue weighted by Crippen LogP contribution is -2.39. The maximum absolute atomic E-state index is 12.7. The fourth-order valence-electron chi connectivity index (χ4n) is 5.24. The highest BCUT2D eigenvalue weighted by Crippen LogP contribution is 2.44. The Hall–Kier alpha value is -1.75. The summed E-state index contributed by atoms with van der Waals surface area (Å²) in [6.07, 6.45) is 6.47. The molecule has 31 heavy (non-hydrogen) atoms. The van der Waals surface area contributed by atoms with Gasteiger partial charge in [0, 0.05) is 42.2 Å². The Bertz CT molecular complexity index is 809. The second-order valence-electron chi connectivity index (χ2n) is 10.5. The van der Waals surface area contributed by atoms with E-state index in [1.54, 1.807) is 0 Å². The van der Waals surface area contributed by atoms with Crippen LogP contribution in [0.4, 0.5) is 4.79 Å². The summed E-state index contributed by atoms with van der Waals surface area (Å²) in [5.74, 6) is 1.14. The van der Waals surface area contributed by atoms with Crippen molar-refractivity contribution in [1.29, 1.82) is 0 Å². The molecule has 0 radical (unpaired) electrons. The van der Waals surface area contributed by atoms with E-state index in [0.29, 0.717) is 25.0 Å². The van der Waals surface area contributed by atoms with Crippen LogP contribution in [0.3, 0.4) is 0 Å². The van der Waals surface area contributed by atoms with E-state index < -0.39 is 5.60 Å². The van der Waals surface area contributed by atoms with Crippen molar-refractivity contribution in [1.82, 2.24) is 9.91 Å². The standard InChI is InChI=1S/C25H36ClN3O2/c1-17-5-11-20(12-6-17)29-23(18-7-9-19(26)10-8-18)21-13-15-28(16-14-22(21)27-29)24(30)31-25(2,3)4/h7-10,17,20-21,23H,5-6,11-16H2,1-4H3. The summed E-state index contributed by atoms with van der Waals surface area (Å²) in [6.45, 7) is 9.49. The quantitative estimate of drug-likeness (QED) is 0.538. The first-order valence-corrected chi connectivity index (χ1v) is 12.2. The number of carbonyl (C=O) groups is 1. The SMILES string of the molecule is CC1CCC(N2N=C3CCN(C(=O)OC(C)(C)C)CCC3C2c2ccc(Cl)cc2)CC1. The first kappa shape index (κ1) is 22.4. The molecule has 2 heterocycles. The summed E-state index contributed by atoms with van der Waals surface area (Å²) in [5.41, 5.74) is 2.04. The van der Waals surface area contributed by atoms with Crippen molar-refractivity contribution in [2.45, 2.75) is 83.9 Å². The number of halogens is 1. The highest BCUT2D eigenvalue weighted by atomic mass is 35.5. The Morgan fingerprint density at radius 1 is 1.06 bits per heavy atom. The van der Waals surface area contributed by atoms with Gasteiger partial charge in [0.15, 0.2) is 0 Å². The van der Waals surface area contributed by atoms with Crippen molar-refractivity contribution in [3.8, 4) is 0 Å². The summed E-state index contributed by atoms with van der Waals surface area (Å²) in [6, 6.07) is 9.00. The highest BCUT2D eigenvalue weighted by molar-refractivity contribution is 6.30. The van der Waals surface area contributed by atoms with Crippen LogP contribution in [-0.4, -0.2) is 46.4 Å². The minimum atomic E-state index is -0.475. The van der Waals surface area contributed by atoms with Gasteiger partial charge >= 0.3 is 6.09 Å². The number of amides is 1. The highest BCUT2D eigenvalue weighted by Gasteiger charge is 2.43. The number of nitrogens with zero attached hydrogens (tertiary/aromatic N) is 3. The van der Waals surface area contributed by atoms with Crippen LogP contribution >= 0.6 is 11.6 Å². The third kappa shape index (κ3) is 5.19. The Kier molecular flexibility index (Phi) is 6.52. The topological polar surface area (TPSA) is 45.1 Å². The van der Waals surface area contributed by atoms with Crippen molar-refractivity contribution < 1.29 is 9.53 Å². The summed E-state index contributed by atoms with van der Waals surface area (Å²) < 4.78 is 5.63. The number of hydrazone groups is 1. The van der Waals surface area contributed by atoms with Crippen LogP contribution in [0.25, 0.3) is 0 Å². The zero-order valence-corrected chi connectivity index (χ0v) is 20.1. The molecule has 1 amide bonds. The van der Waals surface area contributed by atoms with Crippen LogP contribution in [0.5, 0.6) is 0 Å². The van der Waals surface area contributed by atoms with Gasteiger partial charge in [0.25, 0.3) is 0 Å². The van der Waals surface area contributed by atoms with Crippen molar-refractivity contribution in [2.75, 3.05) is 13.1 Å². The smallest absolute Gasteiger partial charge is 0.410 e. The Labute approximate surface area is 191 Å². The molecule has 1 aromatic carbocycles. The summed E-state index contributed by atoms with van der Waals surface area (Å²) in [5, 5.41) is 8.38. The monoisotopic (exact) mass is 445 g/mol. The van der Waals surface area contributed by atoms with Crippen molar-refractivity contribution in [3.05, 3.63) is 34.9 Å². The average Bonchev–Trinajstić information content (AvgIpc) is 2.93. The second-order valence-corrected chi connectivity index (χ2v) is 10.9. The van der Waals surface area contributed by atoms with Gasteiger partial charge in [-0.25, -0.2) is 4.79 Å². The molecule has 0 aromatic heterocycles. The van der Waals surface area contributed by atoms with E-state index in [4.69, 9.17) is 21.4 Å². The van der Waals surface area contributed by atoms with Gasteiger partial charge in [0.2, 0.25) is 0 Å². The van der Waals surface area contributed by atoms with Crippen LogP contribution < -0.4 is 0 Å². The Morgan fingerprint density at radius 2 is 1.74 bits per heavy atom. The number of fused-ring (bicyclic) bond motifs is 1. The number of carbonyl (C=O) groups excluding carboxylic acids is 1. The summed E-state index contributed by atoms with van der Waals surface area (Å²) in [7, 11) is 0. The van der Waals surface area contributed by atoms with Gasteiger partial charge in [0.1, 0.15) is 5.60 Å². The van der Waals surface area contributed by atoms with E-state index in [1.165, 1.54) is 37.0 Å². The number of rotatable bonds is 2. The zero-order valence-electron chi connectivity index (χ0n) is 19.3. The molecular formula is C25H36ClN3O2. The molecule has 2 fully saturated rings. The third-order valence-electron chi connectivity index (χ3n) is 6.91. The van der Waals surface area contributed by atoms with E-state index in [0.717, 1.165) is 23.8 Å². The fraction of sp³-hybridized carbons (Fsp3) is 0.680. The molecular weight excluding hydrogens is 410 g/mol. The number of benzene rings is 1. The second kappa shape index (κ2) is 9.01. The van der Waals surface area contributed by atoms with E-state index in [9.17, 15) is 4.79 Å². The van der Waals surface area contributed by atoms with E-state index in [-0.39, 0.29) is 12.1 Å². The van der Waals surface area contributed by atoms with E-state index in [1.807, 2.05) is 37.8 Å². The van der Waals surface area contributed by atoms with Gasteiger partial charge in [-0.15, -0.1) is 0 Å². The van der Waals surface area contributed by atoms with E-state index >= 15 is 0 Å². The van der Waals surface area contributed by atoms with Crippen LogP contribution in [0.15, 0.2) is 29.4 Å². The molecule has 0 bridgehead atoms. The summed E-state index contributed by atoms with van der Waals surface area (Å²) in [4.78, 5) is 14.5. The molecule has 0 spiro atoms. The molecule has 0 N–H and O–H groups in total. The van der Waals surface area contributed by atoms with Gasteiger partial charge in [-0.2, -0.15) is 5.10 Å². The fourth-order valence-corrected chi connectivity index (χ4v) is 5.36. The number of likely N-dealkylation sites (tertiary alicyclic amines) is 1. The maximum atomic E-state index is 12.7. The lowest BCUT2D eigenvalue weighted by molar-refractivity contribution is 0.0247. The number of ether oxygens (including phenoxy) is 1. The predicted octanol–water partition coefficient (Wildman–Crippen LogP) is 6.28. The maximum Gasteiger partial charge on any atom is 0.410 e. The van der Waals surface area contributed by atoms with Crippen LogP contribution in [0.1, 0.15) is 77.8 Å². The summed E-state index contributed by atoms with van der Waals surface area (Å²) >= 11 is 6.19.